The van der Waals surface area contributed by atoms with Crippen LogP contribution in [-0.2, 0) is 18.0 Å². The molecule has 9 nitrogen and oxygen atoms in total. The summed E-state index contributed by atoms with van der Waals surface area (Å²) >= 11 is 0. The van der Waals surface area contributed by atoms with Gasteiger partial charge in [-0.15, -0.1) is 0 Å². The van der Waals surface area contributed by atoms with Crippen LogP contribution in [0.25, 0.3) is 23.3 Å². The molecule has 9 heteroatoms. The highest BCUT2D eigenvalue weighted by molar-refractivity contribution is 6.48. The lowest BCUT2D eigenvalue weighted by atomic mass is 9.87. The van der Waals surface area contributed by atoms with Crippen molar-refractivity contribution in [2.75, 3.05) is 42.7 Å². The Kier molecular flexibility index (Phi) is 8.48. The molecule has 4 aromatic rings. The van der Waals surface area contributed by atoms with Crippen molar-refractivity contribution < 1.29 is 42.7 Å². The standard InChI is InChI=1S/C37H34O9/c1-39-30-25-19-45-36(32(25)41-3)27(34(30)43-5)23(17-21-13-9-7-10-14-21)29(38)24(18-22-15-11-8-12-16-22)28-35(44-6)31(40-2)26-20-46-37(28)33(26)42-4/h7-18H,19-20H2,1-6H3/b23-17+,24-18+. The average Bonchev–Trinajstić information content (AvgIpc) is 3.62. The summed E-state index contributed by atoms with van der Waals surface area (Å²) in [5.41, 5.74) is 4.24. The van der Waals surface area contributed by atoms with Crippen LogP contribution < -0.4 is 37.9 Å². The van der Waals surface area contributed by atoms with Crippen molar-refractivity contribution in [1.82, 2.24) is 0 Å². The molecule has 0 atom stereocenters. The molecule has 2 heterocycles. The number of allylic oxidation sites excluding steroid dienone is 2. The van der Waals surface area contributed by atoms with Gasteiger partial charge >= 0.3 is 0 Å². The number of hydrogen-bond acceptors (Lipinski definition) is 9. The van der Waals surface area contributed by atoms with Crippen molar-refractivity contribution in [1.29, 1.82) is 0 Å². The van der Waals surface area contributed by atoms with Crippen LogP contribution in [0.15, 0.2) is 60.7 Å². The van der Waals surface area contributed by atoms with Gasteiger partial charge in [0.25, 0.3) is 0 Å². The topological polar surface area (TPSA) is 90.9 Å². The maximum atomic E-state index is 15.4. The molecule has 0 unspecified atom stereocenters. The molecule has 46 heavy (non-hydrogen) atoms. The minimum Gasteiger partial charge on any atom is -0.492 e. The average molecular weight is 623 g/mol. The first-order valence-electron chi connectivity index (χ1n) is 14.5. The normalized spacial score (nSPS) is 13.1. The Bertz CT molecular complexity index is 1720. The number of benzene rings is 4. The number of hydrogen-bond donors (Lipinski definition) is 0. The first-order chi connectivity index (χ1) is 22.5. The predicted octanol–water partition coefficient (Wildman–Crippen LogP) is 6.87. The van der Waals surface area contributed by atoms with E-state index in [1.807, 2.05) is 60.7 Å². The van der Waals surface area contributed by atoms with E-state index in [2.05, 4.69) is 0 Å². The van der Waals surface area contributed by atoms with Gasteiger partial charge in [0.15, 0.2) is 51.8 Å². The van der Waals surface area contributed by atoms with Gasteiger partial charge in [-0.25, -0.2) is 0 Å². The van der Waals surface area contributed by atoms with Crippen LogP contribution in [0.4, 0.5) is 0 Å². The van der Waals surface area contributed by atoms with Gasteiger partial charge in [0.2, 0.25) is 0 Å². The molecule has 4 aromatic carbocycles. The second-order valence-electron chi connectivity index (χ2n) is 10.4. The van der Waals surface area contributed by atoms with Crippen LogP contribution in [0.1, 0.15) is 33.4 Å². The molecular weight excluding hydrogens is 588 g/mol. The van der Waals surface area contributed by atoms with Crippen molar-refractivity contribution in [2.24, 2.45) is 0 Å². The lowest BCUT2D eigenvalue weighted by molar-refractivity contribution is -0.108. The van der Waals surface area contributed by atoms with E-state index in [0.717, 1.165) is 11.1 Å². The first-order valence-corrected chi connectivity index (χ1v) is 14.5. The predicted molar refractivity (Wildman–Crippen MR) is 174 cm³/mol. The maximum Gasteiger partial charge on any atom is 0.194 e. The second-order valence-corrected chi connectivity index (χ2v) is 10.4. The zero-order valence-electron chi connectivity index (χ0n) is 26.5. The number of Topliss-reactive ketones (excluding diaryl/α,β-unsaturated/α-hetero) is 1. The van der Waals surface area contributed by atoms with Crippen molar-refractivity contribution in [3.63, 3.8) is 0 Å². The summed E-state index contributed by atoms with van der Waals surface area (Å²) in [4.78, 5) is 15.4. The van der Waals surface area contributed by atoms with E-state index >= 15 is 4.79 Å². The molecule has 0 fully saturated rings. The van der Waals surface area contributed by atoms with E-state index in [1.165, 1.54) is 14.2 Å². The molecule has 6 rings (SSSR count). The molecule has 0 amide bonds. The summed E-state index contributed by atoms with van der Waals surface area (Å²) in [5, 5.41) is 0. The van der Waals surface area contributed by atoms with Crippen LogP contribution >= 0.6 is 0 Å². The van der Waals surface area contributed by atoms with E-state index in [4.69, 9.17) is 37.9 Å². The van der Waals surface area contributed by atoms with E-state index in [-0.39, 0.29) is 30.1 Å². The van der Waals surface area contributed by atoms with E-state index in [0.29, 0.717) is 68.2 Å². The van der Waals surface area contributed by atoms with Crippen molar-refractivity contribution in [3.05, 3.63) is 94.0 Å². The smallest absolute Gasteiger partial charge is 0.194 e. The number of methoxy groups -OCH3 is 6. The molecule has 0 aromatic heterocycles. The van der Waals surface area contributed by atoms with E-state index in [1.54, 1.807) is 40.6 Å². The minimum absolute atomic E-state index is 0.194. The Morgan fingerprint density at radius 1 is 0.522 bits per heavy atom. The molecule has 0 radical (unpaired) electrons. The summed E-state index contributed by atoms with van der Waals surface area (Å²) in [7, 11) is 9.26. The van der Waals surface area contributed by atoms with Crippen LogP contribution in [0, 0.1) is 0 Å². The number of ketones is 1. The Labute approximate surface area is 267 Å². The van der Waals surface area contributed by atoms with Crippen molar-refractivity contribution in [2.45, 2.75) is 13.2 Å². The highest BCUT2D eigenvalue weighted by Crippen LogP contribution is 2.58. The fourth-order valence-corrected chi connectivity index (χ4v) is 6.06. The largest absolute Gasteiger partial charge is 0.492 e. The summed E-state index contributed by atoms with van der Waals surface area (Å²) < 4.78 is 47.5. The number of rotatable bonds is 12. The van der Waals surface area contributed by atoms with E-state index in [9.17, 15) is 0 Å². The molecule has 4 bridgehead atoms. The fourth-order valence-electron chi connectivity index (χ4n) is 6.06. The van der Waals surface area contributed by atoms with E-state index < -0.39 is 0 Å². The highest BCUT2D eigenvalue weighted by atomic mass is 16.5. The van der Waals surface area contributed by atoms with Gasteiger partial charge < -0.3 is 37.9 Å². The summed E-state index contributed by atoms with van der Waals surface area (Å²) in [6.07, 6.45) is 3.59. The van der Waals surface area contributed by atoms with Gasteiger partial charge in [-0.1, -0.05) is 60.7 Å². The maximum absolute atomic E-state index is 15.4. The molecule has 2 aliphatic heterocycles. The molecule has 2 aliphatic rings. The SMILES string of the molecule is COc1c2c(OC)c(c(/C(=C\c3ccccc3)C(=O)/C(=C/c3ccccc3)c3c(OC)c(OC)c4c(OC)c3OC4)c1OC)OC2. The van der Waals surface area contributed by atoms with Crippen molar-refractivity contribution in [3.8, 4) is 46.0 Å². The highest BCUT2D eigenvalue weighted by Gasteiger charge is 2.40. The van der Waals surface area contributed by atoms with Gasteiger partial charge in [0, 0.05) is 11.1 Å². The van der Waals surface area contributed by atoms with Crippen molar-refractivity contribution >= 4 is 29.1 Å². The third kappa shape index (κ3) is 4.94. The van der Waals surface area contributed by atoms with Crippen LogP contribution in [0.3, 0.4) is 0 Å². The zero-order chi connectivity index (χ0) is 32.4. The van der Waals surface area contributed by atoms with Gasteiger partial charge in [-0.05, 0) is 23.3 Å². The lowest BCUT2D eigenvalue weighted by Gasteiger charge is -2.21. The quantitative estimate of drug-likeness (QED) is 0.124. The number of fused-ring (bicyclic) bond motifs is 4. The molecule has 0 N–H and O–H groups in total. The molecule has 0 spiro atoms. The summed E-state index contributed by atoms with van der Waals surface area (Å²) in [6, 6.07) is 19.1. The van der Waals surface area contributed by atoms with Crippen LogP contribution in [0.2, 0.25) is 0 Å². The molecule has 0 saturated carbocycles. The number of carbonyl (C=O) groups excluding carboxylic acids is 1. The van der Waals surface area contributed by atoms with Crippen LogP contribution in [0.5, 0.6) is 46.0 Å². The first kappa shape index (κ1) is 30.5. The Morgan fingerprint density at radius 3 is 1.20 bits per heavy atom. The Morgan fingerprint density at radius 2 is 0.870 bits per heavy atom. The summed E-state index contributed by atoms with van der Waals surface area (Å²) in [5.74, 6) is 2.85. The lowest BCUT2D eigenvalue weighted by Crippen LogP contribution is -2.10. The van der Waals surface area contributed by atoms with Gasteiger partial charge in [-0.3, -0.25) is 4.79 Å². The Balaban J connectivity index is 1.71. The molecule has 236 valence electrons. The fraction of sp³-hybridized carbons (Fsp3) is 0.216. The third-order valence-electron chi connectivity index (χ3n) is 8.03. The minimum atomic E-state index is -0.378. The number of carbonyl (C=O) groups is 1. The van der Waals surface area contributed by atoms with Gasteiger partial charge in [0.1, 0.15) is 13.2 Å². The molecule has 0 aliphatic carbocycles. The monoisotopic (exact) mass is 622 g/mol. The van der Waals surface area contributed by atoms with Gasteiger partial charge in [0.05, 0.1) is 64.9 Å². The zero-order valence-corrected chi connectivity index (χ0v) is 26.5. The third-order valence-corrected chi connectivity index (χ3v) is 8.03. The van der Waals surface area contributed by atoms with Crippen LogP contribution in [-0.4, -0.2) is 48.4 Å². The number of ether oxygens (including phenoxy) is 8. The molecule has 0 saturated heterocycles. The molecular formula is C37H34O9. The Hall–Kier alpha value is -5.57. The van der Waals surface area contributed by atoms with Gasteiger partial charge in [-0.2, -0.15) is 0 Å². The summed E-state index contributed by atoms with van der Waals surface area (Å²) in [6.45, 7) is 0.387. The second kappa shape index (κ2) is 12.8.